The molecule has 1 fully saturated rings. The van der Waals surface area contributed by atoms with Crippen LogP contribution in [0.4, 0.5) is 11.4 Å². The highest BCUT2D eigenvalue weighted by Gasteiger charge is 2.22. The molecule has 0 spiro atoms. The van der Waals surface area contributed by atoms with E-state index >= 15 is 0 Å². The van der Waals surface area contributed by atoms with Crippen molar-refractivity contribution in [1.82, 2.24) is 0 Å². The molecule has 0 saturated heterocycles. The lowest BCUT2D eigenvalue weighted by atomic mass is 9.77. The van der Waals surface area contributed by atoms with E-state index in [-0.39, 0.29) is 11.8 Å². The van der Waals surface area contributed by atoms with Crippen LogP contribution in [0, 0.1) is 19.8 Å². The van der Waals surface area contributed by atoms with Crippen LogP contribution in [0.2, 0.25) is 0 Å². The Morgan fingerprint density at radius 3 is 1.86 bits per heavy atom. The smallest absolute Gasteiger partial charge is 0.255 e. The van der Waals surface area contributed by atoms with Gasteiger partial charge in [0.15, 0.2) is 0 Å². The first kappa shape index (κ1) is 26.7. The minimum absolute atomic E-state index is 0.140. The zero-order valence-corrected chi connectivity index (χ0v) is 22.5. The predicted molar refractivity (Wildman–Crippen MR) is 154 cm³/mol. The number of aryl methyl sites for hydroxylation is 2. The maximum absolute atomic E-state index is 12.8. The summed E-state index contributed by atoms with van der Waals surface area (Å²) < 4.78 is 0. The Hall–Kier alpha value is -3.40. The van der Waals surface area contributed by atoms with Crippen LogP contribution in [0.15, 0.2) is 66.7 Å². The molecule has 4 heteroatoms. The van der Waals surface area contributed by atoms with Crippen molar-refractivity contribution in [2.45, 2.75) is 78.1 Å². The van der Waals surface area contributed by atoms with Gasteiger partial charge in [-0.15, -0.1) is 0 Å². The third-order valence-electron chi connectivity index (χ3n) is 7.88. The molecule has 0 aromatic heterocycles. The van der Waals surface area contributed by atoms with Crippen molar-refractivity contribution in [2.75, 3.05) is 10.6 Å². The first-order valence-electron chi connectivity index (χ1n) is 13.8. The maximum atomic E-state index is 12.8. The number of unbranched alkanes of at least 4 members (excludes halogenated alkanes) is 2. The summed E-state index contributed by atoms with van der Waals surface area (Å²) in [7, 11) is 0. The van der Waals surface area contributed by atoms with E-state index in [1.165, 1.54) is 62.5 Å². The molecule has 1 aliphatic rings. The van der Waals surface area contributed by atoms with Crippen molar-refractivity contribution < 1.29 is 9.59 Å². The van der Waals surface area contributed by atoms with Crippen molar-refractivity contribution in [1.29, 1.82) is 0 Å². The number of rotatable bonds is 9. The van der Waals surface area contributed by atoms with Crippen molar-refractivity contribution >= 4 is 23.2 Å². The van der Waals surface area contributed by atoms with Crippen LogP contribution in [0.3, 0.4) is 0 Å². The van der Waals surface area contributed by atoms with E-state index in [2.05, 4.69) is 29.7 Å². The molecule has 2 N–H and O–H groups in total. The van der Waals surface area contributed by atoms with E-state index in [9.17, 15) is 9.59 Å². The first-order chi connectivity index (χ1) is 17.9. The second kappa shape index (κ2) is 12.7. The quantitative estimate of drug-likeness (QED) is 0.291. The van der Waals surface area contributed by atoms with Crippen LogP contribution in [0.25, 0.3) is 0 Å². The number of benzene rings is 3. The molecular formula is C33H40N2O2. The zero-order valence-electron chi connectivity index (χ0n) is 22.5. The van der Waals surface area contributed by atoms with Gasteiger partial charge >= 0.3 is 0 Å². The van der Waals surface area contributed by atoms with Gasteiger partial charge < -0.3 is 10.6 Å². The molecule has 0 unspecified atom stereocenters. The normalized spacial score (nSPS) is 17.3. The van der Waals surface area contributed by atoms with E-state index in [0.29, 0.717) is 22.7 Å². The highest BCUT2D eigenvalue weighted by Crippen LogP contribution is 2.37. The van der Waals surface area contributed by atoms with E-state index in [0.717, 1.165) is 17.2 Å². The molecule has 0 radical (unpaired) electrons. The summed E-state index contributed by atoms with van der Waals surface area (Å²) in [4.78, 5) is 25.4. The number of hydrogen-bond donors (Lipinski definition) is 2. The summed E-state index contributed by atoms with van der Waals surface area (Å²) >= 11 is 0. The number of nitrogens with one attached hydrogen (secondary N) is 2. The van der Waals surface area contributed by atoms with Gasteiger partial charge in [0.05, 0.1) is 0 Å². The largest absolute Gasteiger partial charge is 0.322 e. The third-order valence-corrected chi connectivity index (χ3v) is 7.88. The molecule has 1 aliphatic carbocycles. The predicted octanol–water partition coefficient (Wildman–Crippen LogP) is 8.66. The Balaban J connectivity index is 1.28. The van der Waals surface area contributed by atoms with Crippen LogP contribution in [-0.4, -0.2) is 11.8 Å². The molecule has 1 saturated carbocycles. The van der Waals surface area contributed by atoms with Gasteiger partial charge in [-0.25, -0.2) is 0 Å². The summed E-state index contributed by atoms with van der Waals surface area (Å²) in [5, 5.41) is 5.88. The second-order valence-electron chi connectivity index (χ2n) is 10.6. The molecule has 194 valence electrons. The fraction of sp³-hybridized carbons (Fsp3) is 0.394. The molecule has 0 atom stereocenters. The molecule has 3 aromatic rings. The molecule has 0 aliphatic heterocycles. The van der Waals surface area contributed by atoms with Gasteiger partial charge in [-0.2, -0.15) is 0 Å². The summed E-state index contributed by atoms with van der Waals surface area (Å²) in [6.07, 6.45) is 10.6. The summed E-state index contributed by atoms with van der Waals surface area (Å²) in [6, 6.07) is 21.0. The number of carbonyl (C=O) groups is 2. The lowest BCUT2D eigenvalue weighted by molar-refractivity contribution is 0.102. The monoisotopic (exact) mass is 496 g/mol. The van der Waals surface area contributed by atoms with Crippen LogP contribution >= 0.6 is 0 Å². The minimum atomic E-state index is -0.174. The summed E-state index contributed by atoms with van der Waals surface area (Å²) in [6.45, 7) is 6.34. The van der Waals surface area contributed by atoms with Gasteiger partial charge in [-0.1, -0.05) is 50.8 Å². The Kier molecular flexibility index (Phi) is 9.16. The van der Waals surface area contributed by atoms with E-state index in [1.807, 2.05) is 44.2 Å². The van der Waals surface area contributed by atoms with E-state index in [4.69, 9.17) is 0 Å². The molecular weight excluding hydrogens is 456 g/mol. The van der Waals surface area contributed by atoms with Gasteiger partial charge in [0.2, 0.25) is 0 Å². The lowest BCUT2D eigenvalue weighted by Gasteiger charge is -2.29. The van der Waals surface area contributed by atoms with Gasteiger partial charge in [0.25, 0.3) is 11.8 Å². The number of anilines is 2. The summed E-state index contributed by atoms with van der Waals surface area (Å²) in [5.74, 6) is 1.20. The second-order valence-corrected chi connectivity index (χ2v) is 10.6. The number of hydrogen-bond acceptors (Lipinski definition) is 2. The third kappa shape index (κ3) is 7.31. The van der Waals surface area contributed by atoms with Crippen LogP contribution in [-0.2, 0) is 0 Å². The minimum Gasteiger partial charge on any atom is -0.322 e. The van der Waals surface area contributed by atoms with Crippen molar-refractivity contribution in [3.8, 4) is 0 Å². The first-order valence-corrected chi connectivity index (χ1v) is 13.8. The average Bonchev–Trinajstić information content (AvgIpc) is 2.92. The van der Waals surface area contributed by atoms with Crippen LogP contribution in [0.1, 0.15) is 102 Å². The van der Waals surface area contributed by atoms with Crippen molar-refractivity contribution in [2.24, 2.45) is 5.92 Å². The summed E-state index contributed by atoms with van der Waals surface area (Å²) in [5.41, 5.74) is 6.30. The van der Waals surface area contributed by atoms with Crippen molar-refractivity contribution in [3.63, 3.8) is 0 Å². The fourth-order valence-electron chi connectivity index (χ4n) is 5.30. The Bertz CT molecular complexity index is 1190. The van der Waals surface area contributed by atoms with E-state index in [1.54, 1.807) is 24.3 Å². The fourth-order valence-corrected chi connectivity index (χ4v) is 5.30. The molecule has 37 heavy (non-hydrogen) atoms. The maximum Gasteiger partial charge on any atom is 0.255 e. The molecule has 0 heterocycles. The number of amides is 2. The lowest BCUT2D eigenvalue weighted by Crippen LogP contribution is -2.15. The highest BCUT2D eigenvalue weighted by molar-refractivity contribution is 6.06. The van der Waals surface area contributed by atoms with Gasteiger partial charge in [0, 0.05) is 22.5 Å². The molecule has 4 rings (SSSR count). The Morgan fingerprint density at radius 2 is 1.27 bits per heavy atom. The Labute approximate surface area is 221 Å². The molecule has 0 bridgehead atoms. The van der Waals surface area contributed by atoms with Gasteiger partial charge in [-0.05, 0) is 117 Å². The molecule has 3 aromatic carbocycles. The van der Waals surface area contributed by atoms with Crippen molar-refractivity contribution in [3.05, 3.63) is 94.5 Å². The zero-order chi connectivity index (χ0) is 26.2. The van der Waals surface area contributed by atoms with Crippen LogP contribution in [0.5, 0.6) is 0 Å². The topological polar surface area (TPSA) is 58.2 Å². The highest BCUT2D eigenvalue weighted by atomic mass is 16.2. The number of carbonyl (C=O) groups excluding carboxylic acids is 2. The van der Waals surface area contributed by atoms with Crippen LogP contribution < -0.4 is 10.6 Å². The van der Waals surface area contributed by atoms with Gasteiger partial charge in [-0.3, -0.25) is 9.59 Å². The molecule has 4 nitrogen and oxygen atoms in total. The van der Waals surface area contributed by atoms with Gasteiger partial charge in [0.1, 0.15) is 0 Å². The Morgan fingerprint density at radius 1 is 0.703 bits per heavy atom. The van der Waals surface area contributed by atoms with E-state index < -0.39 is 0 Å². The molecule has 2 amide bonds. The SMILES string of the molecule is CCCCCC1CCC(c2ccc(C(=O)Nc3ccc(C(=O)Nc4ccc(C)c(C)c4)cc3)cc2)CC1. The standard InChI is InChI=1S/C33H40N2O2/c1-4-5-6-7-25-9-11-26(12-10-25)27-13-15-28(16-14-27)32(36)34-30-20-17-29(18-21-30)33(37)35-31-19-8-23(2)24(3)22-31/h8,13-22,25-26H,4-7,9-12H2,1-3H3,(H,34,36)(H,35,37). The average molecular weight is 497 g/mol.